The molecule has 0 amide bonds. The number of carboxylic acid groups (broad SMARTS) is 1. The third-order valence-electron chi connectivity index (χ3n) is 6.24. The summed E-state index contributed by atoms with van der Waals surface area (Å²) in [5.41, 5.74) is 0.717. The molecule has 9 heteroatoms. The number of hydrogen-bond donors (Lipinski definition) is 1. The van der Waals surface area contributed by atoms with E-state index < -0.39 is 23.4 Å². The van der Waals surface area contributed by atoms with Crippen LogP contribution in [0.15, 0.2) is 47.1 Å². The second-order valence-corrected chi connectivity index (χ2v) is 8.65. The monoisotopic (exact) mass is 491 g/mol. The Morgan fingerprint density at radius 2 is 1.91 bits per heavy atom. The van der Waals surface area contributed by atoms with E-state index in [4.69, 9.17) is 14.6 Å². The van der Waals surface area contributed by atoms with E-state index in [0.717, 1.165) is 43.4 Å². The first-order valence-corrected chi connectivity index (χ1v) is 11.5. The molecule has 1 saturated carbocycles. The predicted molar refractivity (Wildman–Crippen MR) is 126 cm³/mol. The fraction of sp³-hybridized carbons (Fsp3) is 0.423. The number of benzene rings is 2. The molecule has 0 bridgehead atoms. The Balaban J connectivity index is 0.000000320. The maximum atomic E-state index is 13.0. The van der Waals surface area contributed by atoms with Crippen molar-refractivity contribution in [3.63, 3.8) is 0 Å². The number of aliphatic carboxylic acids is 1. The van der Waals surface area contributed by atoms with Crippen LogP contribution >= 0.6 is 0 Å². The van der Waals surface area contributed by atoms with E-state index >= 15 is 0 Å². The molecule has 0 spiro atoms. The second-order valence-electron chi connectivity index (χ2n) is 8.65. The number of nitroso groups, excluding NO2 is 1. The van der Waals surface area contributed by atoms with Crippen molar-refractivity contribution in [3.05, 3.63) is 63.6 Å². The number of halogens is 3. The molecule has 0 unspecified atom stereocenters. The summed E-state index contributed by atoms with van der Waals surface area (Å²) in [4.78, 5) is 20.8. The maximum absolute atomic E-state index is 13.0. The molecular weight excluding hydrogens is 463 g/mol. The van der Waals surface area contributed by atoms with Gasteiger partial charge in [0.1, 0.15) is 30.4 Å². The van der Waals surface area contributed by atoms with Gasteiger partial charge in [-0.25, -0.2) is 0 Å². The highest BCUT2D eigenvalue weighted by Gasteiger charge is 2.34. The highest BCUT2D eigenvalue weighted by molar-refractivity contribution is 5.71. The quantitative estimate of drug-likeness (QED) is 0.409. The van der Waals surface area contributed by atoms with Gasteiger partial charge in [0.15, 0.2) is 0 Å². The topological polar surface area (TPSA) is 85.2 Å². The molecule has 0 atom stereocenters. The van der Waals surface area contributed by atoms with Gasteiger partial charge in [-0.2, -0.15) is 13.2 Å². The maximum Gasteiger partial charge on any atom is 0.418 e. The zero-order valence-electron chi connectivity index (χ0n) is 19.6. The molecule has 1 heterocycles. The molecule has 35 heavy (non-hydrogen) atoms. The van der Waals surface area contributed by atoms with Gasteiger partial charge < -0.3 is 14.6 Å². The number of nitrogens with zero attached hydrogens (tertiary/aromatic N) is 1. The Morgan fingerprint density at radius 3 is 2.51 bits per heavy atom. The lowest BCUT2D eigenvalue weighted by molar-refractivity contribution is -0.146. The third-order valence-corrected chi connectivity index (χ3v) is 6.24. The summed E-state index contributed by atoms with van der Waals surface area (Å²) < 4.78 is 50.1. The van der Waals surface area contributed by atoms with E-state index in [2.05, 4.69) is 25.1 Å². The molecule has 188 valence electrons. The van der Waals surface area contributed by atoms with Gasteiger partial charge in [0.25, 0.3) is 0 Å². The molecule has 2 aromatic carbocycles. The van der Waals surface area contributed by atoms with E-state index in [1.54, 1.807) is 12.1 Å². The average molecular weight is 492 g/mol. The van der Waals surface area contributed by atoms with Crippen LogP contribution in [0.25, 0.3) is 6.08 Å². The van der Waals surface area contributed by atoms with Crippen LogP contribution in [-0.2, 0) is 17.6 Å². The van der Waals surface area contributed by atoms with Gasteiger partial charge in [0.05, 0.1) is 11.5 Å². The fourth-order valence-corrected chi connectivity index (χ4v) is 3.90. The fourth-order valence-electron chi connectivity index (χ4n) is 3.90. The molecule has 4 rings (SSSR count). The Bertz CT molecular complexity index is 1090. The smallest absolute Gasteiger partial charge is 0.418 e. The van der Waals surface area contributed by atoms with Crippen LogP contribution in [-0.4, -0.2) is 17.7 Å². The van der Waals surface area contributed by atoms with Gasteiger partial charge in [0.2, 0.25) is 0 Å². The average Bonchev–Trinajstić information content (AvgIpc) is 2.81. The first kappa shape index (κ1) is 26.2. The van der Waals surface area contributed by atoms with Crippen LogP contribution in [0.3, 0.4) is 0 Å². The van der Waals surface area contributed by atoms with Gasteiger partial charge in [-0.05, 0) is 71.8 Å². The van der Waals surface area contributed by atoms with E-state index in [1.165, 1.54) is 11.6 Å². The molecule has 0 aromatic heterocycles. The molecule has 1 aliphatic carbocycles. The molecule has 6 nitrogen and oxygen atoms in total. The summed E-state index contributed by atoms with van der Waals surface area (Å²) in [6, 6.07) is 8.61. The summed E-state index contributed by atoms with van der Waals surface area (Å²) in [7, 11) is 0. The highest BCUT2D eigenvalue weighted by atomic mass is 19.4. The van der Waals surface area contributed by atoms with Crippen molar-refractivity contribution in [1.29, 1.82) is 0 Å². The number of rotatable bonds is 7. The van der Waals surface area contributed by atoms with Crippen molar-refractivity contribution in [2.24, 2.45) is 17.0 Å². The van der Waals surface area contributed by atoms with Crippen LogP contribution in [0.1, 0.15) is 56.2 Å². The van der Waals surface area contributed by atoms with Crippen molar-refractivity contribution >= 4 is 17.7 Å². The number of carbonyl (C=O) groups is 1. The summed E-state index contributed by atoms with van der Waals surface area (Å²) in [5, 5.41) is 10.9. The van der Waals surface area contributed by atoms with Crippen molar-refractivity contribution in [2.75, 3.05) is 6.61 Å². The number of fused-ring (bicyclic) bond motifs is 1. The summed E-state index contributed by atoms with van der Waals surface area (Å²) >= 11 is 0. The van der Waals surface area contributed by atoms with Gasteiger partial charge >= 0.3 is 12.1 Å². The minimum atomic E-state index is -4.65. The third kappa shape index (κ3) is 6.83. The second kappa shape index (κ2) is 11.4. The molecule has 0 saturated heterocycles. The van der Waals surface area contributed by atoms with Crippen LogP contribution in [0, 0.1) is 16.7 Å². The number of hydrogen-bond acceptors (Lipinski definition) is 5. The largest absolute Gasteiger partial charge is 0.489 e. The lowest BCUT2D eigenvalue weighted by Gasteiger charge is -2.31. The molecule has 1 aliphatic heterocycles. The first-order valence-electron chi connectivity index (χ1n) is 11.5. The SMILES string of the molecule is CCC1=Cc2ccc(OCc3ccc(N=O)c(C(F)(F)F)c3)cc2OC1.CCC1CC(C(=O)O)C1. The Kier molecular flexibility index (Phi) is 8.53. The molecule has 1 fully saturated rings. The number of alkyl halides is 3. The van der Waals surface area contributed by atoms with Crippen LogP contribution in [0.5, 0.6) is 11.5 Å². The Morgan fingerprint density at radius 1 is 1.17 bits per heavy atom. The highest BCUT2D eigenvalue weighted by Crippen LogP contribution is 2.37. The molecular formula is C26H28F3NO5. The summed E-state index contributed by atoms with van der Waals surface area (Å²) in [6.07, 6.45) is 1.28. The van der Waals surface area contributed by atoms with E-state index in [-0.39, 0.29) is 18.1 Å². The molecule has 2 aromatic rings. The minimum Gasteiger partial charge on any atom is -0.489 e. The van der Waals surface area contributed by atoms with Crippen LogP contribution in [0.2, 0.25) is 0 Å². The zero-order chi connectivity index (χ0) is 25.6. The van der Waals surface area contributed by atoms with Crippen molar-refractivity contribution in [3.8, 4) is 11.5 Å². The van der Waals surface area contributed by atoms with Crippen molar-refractivity contribution in [1.82, 2.24) is 0 Å². The molecule has 0 radical (unpaired) electrons. The van der Waals surface area contributed by atoms with Gasteiger partial charge in [0, 0.05) is 11.6 Å². The first-order chi connectivity index (χ1) is 16.6. The molecule has 2 aliphatic rings. The minimum absolute atomic E-state index is 0.0186. The van der Waals surface area contributed by atoms with Crippen molar-refractivity contribution < 1.29 is 32.5 Å². The van der Waals surface area contributed by atoms with Gasteiger partial charge in [-0.1, -0.05) is 26.3 Å². The van der Waals surface area contributed by atoms with E-state index in [9.17, 15) is 22.9 Å². The summed E-state index contributed by atoms with van der Waals surface area (Å²) in [6.45, 7) is 4.61. The van der Waals surface area contributed by atoms with Crippen LogP contribution < -0.4 is 9.47 Å². The zero-order valence-corrected chi connectivity index (χ0v) is 19.6. The lowest BCUT2D eigenvalue weighted by atomic mass is 9.74. The Hall–Kier alpha value is -3.36. The lowest BCUT2D eigenvalue weighted by Crippen LogP contribution is -2.29. The molecule has 1 N–H and O–H groups in total. The van der Waals surface area contributed by atoms with Gasteiger partial charge in [-0.3, -0.25) is 4.79 Å². The number of carboxylic acids is 1. The van der Waals surface area contributed by atoms with E-state index in [0.29, 0.717) is 24.0 Å². The standard InChI is InChI=1S/C19H16F3NO3.C7H12O2/c1-2-12-7-14-4-5-15(9-18(14)26-10-12)25-11-13-3-6-17(23-24)16(8-13)19(20,21)22;1-2-5-3-6(4-5)7(8)9/h3-9H,2,10-11H2,1H3;5-6H,2-4H2,1H3,(H,8,9). The van der Waals surface area contributed by atoms with Crippen molar-refractivity contribution in [2.45, 2.75) is 52.3 Å². The normalized spacial score (nSPS) is 18.6. The number of ether oxygens (including phenoxy) is 2. The van der Waals surface area contributed by atoms with E-state index in [1.807, 2.05) is 6.07 Å². The Labute approximate surface area is 201 Å². The summed E-state index contributed by atoms with van der Waals surface area (Å²) in [5.74, 6) is 1.24. The van der Waals surface area contributed by atoms with Gasteiger partial charge in [-0.15, -0.1) is 4.91 Å². The predicted octanol–water partition coefficient (Wildman–Crippen LogP) is 7.38. The van der Waals surface area contributed by atoms with Crippen LogP contribution in [0.4, 0.5) is 18.9 Å².